The van der Waals surface area contributed by atoms with Crippen LogP contribution < -0.4 is 5.32 Å². The topological polar surface area (TPSA) is 75.0 Å². The molecule has 5 rings (SSSR count). The number of hydrogen-bond donors (Lipinski definition) is 1. The predicted octanol–water partition coefficient (Wildman–Crippen LogP) is 3.98. The highest BCUT2D eigenvalue weighted by molar-refractivity contribution is 5.95. The summed E-state index contributed by atoms with van der Waals surface area (Å²) in [6.07, 6.45) is 4.75. The molecule has 3 aliphatic rings. The molecule has 1 aromatic heterocycles. The fourth-order valence-electron chi connectivity index (χ4n) is 4.78. The lowest BCUT2D eigenvalue weighted by Gasteiger charge is -2.39. The number of likely N-dealkylation sites (tertiary alicyclic amines) is 2. The number of anilines is 1. The Morgan fingerprint density at radius 3 is 2.83 bits per heavy atom. The van der Waals surface area contributed by atoms with Gasteiger partial charge in [0.15, 0.2) is 0 Å². The summed E-state index contributed by atoms with van der Waals surface area (Å²) >= 11 is 0. The van der Waals surface area contributed by atoms with Crippen molar-refractivity contribution in [2.75, 3.05) is 31.6 Å². The molecule has 7 heteroatoms. The first-order chi connectivity index (χ1) is 14.7. The molecule has 2 aromatic rings. The molecule has 0 radical (unpaired) electrons. The molecule has 0 spiro atoms. The van der Waals surface area contributed by atoms with E-state index in [9.17, 15) is 9.59 Å². The summed E-state index contributed by atoms with van der Waals surface area (Å²) in [4.78, 5) is 29.2. The highest BCUT2D eigenvalue weighted by Crippen LogP contribution is 2.51. The fraction of sp³-hybridized carbons (Fsp3) is 0.391. The smallest absolute Gasteiger partial charge is 0.410 e. The Morgan fingerprint density at radius 1 is 1.27 bits per heavy atom. The minimum atomic E-state index is -0.354. The number of amides is 2. The minimum Gasteiger partial charge on any atom is -0.467 e. The number of rotatable bonds is 4. The maximum absolute atomic E-state index is 12.8. The predicted molar refractivity (Wildman–Crippen MR) is 111 cm³/mol. The third kappa shape index (κ3) is 3.05. The number of hydrogen-bond acceptors (Lipinski definition) is 5. The quantitative estimate of drug-likeness (QED) is 0.776. The van der Waals surface area contributed by atoms with Crippen molar-refractivity contribution >= 4 is 17.7 Å². The van der Waals surface area contributed by atoms with Crippen LogP contribution in [0.4, 0.5) is 10.5 Å². The van der Waals surface area contributed by atoms with Crippen molar-refractivity contribution < 1.29 is 18.7 Å². The molecule has 2 amide bonds. The molecule has 2 saturated heterocycles. The summed E-state index contributed by atoms with van der Waals surface area (Å²) in [6.45, 7) is 6.00. The Labute approximate surface area is 175 Å². The van der Waals surface area contributed by atoms with Gasteiger partial charge in [-0.3, -0.25) is 4.79 Å². The number of ether oxygens (including phenoxy) is 1. The molecule has 1 unspecified atom stereocenters. The second kappa shape index (κ2) is 7.55. The number of nitrogens with zero attached hydrogens (tertiary/aromatic N) is 2. The maximum atomic E-state index is 12.8. The van der Waals surface area contributed by atoms with Crippen molar-refractivity contribution in [2.24, 2.45) is 5.92 Å². The van der Waals surface area contributed by atoms with Gasteiger partial charge in [-0.05, 0) is 48.7 Å². The van der Waals surface area contributed by atoms with E-state index in [0.717, 1.165) is 42.9 Å². The largest absolute Gasteiger partial charge is 0.467 e. The summed E-state index contributed by atoms with van der Waals surface area (Å²) in [7, 11) is 0. The standard InChI is InChI=1S/C23H25N3O4/c1-2-12-30-23(28)26-11-8-16-20(19-5-3-13-29-19)24-18-7-6-15(14-17(18)21(16)26)22(27)25-9-4-10-25/h2-3,5-7,13-14,16,20-21,24H,1,4,8-12H2/t16-,20?,21-/m0/s1. The zero-order valence-corrected chi connectivity index (χ0v) is 16.8. The molecule has 0 aliphatic carbocycles. The van der Waals surface area contributed by atoms with Gasteiger partial charge in [-0.2, -0.15) is 0 Å². The molecule has 1 aromatic carbocycles. The van der Waals surface area contributed by atoms with Crippen molar-refractivity contribution in [1.82, 2.24) is 9.80 Å². The highest BCUT2D eigenvalue weighted by Gasteiger charge is 2.48. The molecule has 156 valence electrons. The molecule has 3 atom stereocenters. The number of fused-ring (bicyclic) bond motifs is 3. The van der Waals surface area contributed by atoms with E-state index in [2.05, 4.69) is 11.9 Å². The van der Waals surface area contributed by atoms with Crippen LogP contribution in [-0.4, -0.2) is 48.0 Å². The van der Waals surface area contributed by atoms with Crippen LogP contribution in [0.3, 0.4) is 0 Å². The number of furan rings is 1. The number of carbonyl (C=O) groups is 2. The maximum Gasteiger partial charge on any atom is 0.410 e. The van der Waals surface area contributed by atoms with E-state index in [1.54, 1.807) is 17.2 Å². The van der Waals surface area contributed by atoms with Gasteiger partial charge in [-0.15, -0.1) is 0 Å². The van der Waals surface area contributed by atoms with E-state index in [1.807, 2.05) is 35.2 Å². The molecule has 0 saturated carbocycles. The number of nitrogens with one attached hydrogen (secondary N) is 1. The van der Waals surface area contributed by atoms with E-state index in [-0.39, 0.29) is 36.6 Å². The average molecular weight is 407 g/mol. The molecular formula is C23H25N3O4. The van der Waals surface area contributed by atoms with Gasteiger partial charge in [0.25, 0.3) is 5.91 Å². The van der Waals surface area contributed by atoms with Gasteiger partial charge >= 0.3 is 6.09 Å². The van der Waals surface area contributed by atoms with Crippen LogP contribution in [-0.2, 0) is 4.74 Å². The van der Waals surface area contributed by atoms with Gasteiger partial charge in [-0.25, -0.2) is 4.79 Å². The van der Waals surface area contributed by atoms with E-state index in [1.165, 1.54) is 0 Å². The summed E-state index contributed by atoms with van der Waals surface area (Å²) in [5.74, 6) is 1.01. The summed E-state index contributed by atoms with van der Waals surface area (Å²) in [6, 6.07) is 9.35. The molecule has 1 N–H and O–H groups in total. The second-order valence-electron chi connectivity index (χ2n) is 8.04. The van der Waals surface area contributed by atoms with Gasteiger partial charge in [0, 0.05) is 36.8 Å². The highest BCUT2D eigenvalue weighted by atomic mass is 16.6. The SMILES string of the molecule is C=CCOC(=O)N1CC[C@H]2C(c3ccco3)Nc3ccc(C(=O)N4CCC4)cc3[C@H]21. The zero-order valence-electron chi connectivity index (χ0n) is 16.8. The normalized spacial score (nSPS) is 24.3. The molecule has 30 heavy (non-hydrogen) atoms. The van der Waals surface area contributed by atoms with Crippen molar-refractivity contribution in [2.45, 2.75) is 24.9 Å². The Hall–Kier alpha value is -3.22. The van der Waals surface area contributed by atoms with Crippen LogP contribution in [0.2, 0.25) is 0 Å². The Morgan fingerprint density at radius 2 is 2.13 bits per heavy atom. The second-order valence-corrected chi connectivity index (χ2v) is 8.04. The number of carbonyl (C=O) groups excluding carboxylic acids is 2. The first-order valence-corrected chi connectivity index (χ1v) is 10.4. The third-order valence-corrected chi connectivity index (χ3v) is 6.35. The Balaban J connectivity index is 1.53. The van der Waals surface area contributed by atoms with Crippen molar-refractivity contribution in [3.8, 4) is 0 Å². The fourth-order valence-corrected chi connectivity index (χ4v) is 4.78. The van der Waals surface area contributed by atoms with Crippen LogP contribution in [0.25, 0.3) is 0 Å². The Kier molecular flexibility index (Phi) is 4.73. The molecule has 3 aliphatic heterocycles. The van der Waals surface area contributed by atoms with Crippen LogP contribution in [0.5, 0.6) is 0 Å². The Bertz CT molecular complexity index is 967. The average Bonchev–Trinajstić information content (AvgIpc) is 3.40. The van der Waals surface area contributed by atoms with Crippen molar-refractivity contribution in [1.29, 1.82) is 0 Å². The van der Waals surface area contributed by atoms with E-state index >= 15 is 0 Å². The van der Waals surface area contributed by atoms with Crippen LogP contribution in [0, 0.1) is 5.92 Å². The molecule has 7 nitrogen and oxygen atoms in total. The van der Waals surface area contributed by atoms with Gasteiger partial charge in [0.1, 0.15) is 12.4 Å². The van der Waals surface area contributed by atoms with Gasteiger partial charge in [-0.1, -0.05) is 12.7 Å². The molecule has 2 fully saturated rings. The monoisotopic (exact) mass is 407 g/mol. The van der Waals surface area contributed by atoms with Crippen LogP contribution in [0.1, 0.15) is 46.6 Å². The van der Waals surface area contributed by atoms with E-state index in [4.69, 9.17) is 9.15 Å². The minimum absolute atomic E-state index is 0.0486. The van der Waals surface area contributed by atoms with Gasteiger partial charge in [0.2, 0.25) is 0 Å². The van der Waals surface area contributed by atoms with Crippen LogP contribution in [0.15, 0.2) is 53.7 Å². The third-order valence-electron chi connectivity index (χ3n) is 6.35. The van der Waals surface area contributed by atoms with Gasteiger partial charge in [0.05, 0.1) is 18.3 Å². The van der Waals surface area contributed by atoms with Crippen molar-refractivity contribution in [3.05, 3.63) is 66.1 Å². The molecule has 0 bridgehead atoms. The molecular weight excluding hydrogens is 382 g/mol. The van der Waals surface area contributed by atoms with Gasteiger partial charge < -0.3 is 24.3 Å². The lowest BCUT2D eigenvalue weighted by atomic mass is 9.81. The van der Waals surface area contributed by atoms with Crippen molar-refractivity contribution in [3.63, 3.8) is 0 Å². The van der Waals surface area contributed by atoms with Crippen LogP contribution >= 0.6 is 0 Å². The lowest BCUT2D eigenvalue weighted by Crippen LogP contribution is -2.42. The summed E-state index contributed by atoms with van der Waals surface area (Å²) < 4.78 is 11.1. The summed E-state index contributed by atoms with van der Waals surface area (Å²) in [5.41, 5.74) is 2.54. The van der Waals surface area contributed by atoms with E-state index < -0.39 is 0 Å². The van der Waals surface area contributed by atoms with E-state index in [0.29, 0.717) is 12.1 Å². The first kappa shape index (κ1) is 18.8. The first-order valence-electron chi connectivity index (χ1n) is 10.4. The zero-order chi connectivity index (χ0) is 20.7. The lowest BCUT2D eigenvalue weighted by molar-refractivity contribution is 0.0651. The summed E-state index contributed by atoms with van der Waals surface area (Å²) in [5, 5.41) is 3.58. The number of benzene rings is 1. The molecule has 4 heterocycles.